The van der Waals surface area contributed by atoms with Crippen LogP contribution in [0.5, 0.6) is 5.75 Å². The van der Waals surface area contributed by atoms with E-state index >= 15 is 0 Å². The van der Waals surface area contributed by atoms with Crippen LogP contribution in [-0.4, -0.2) is 21.5 Å². The van der Waals surface area contributed by atoms with E-state index in [1.807, 2.05) is 0 Å². The van der Waals surface area contributed by atoms with Crippen LogP contribution in [0.1, 0.15) is 0 Å². The van der Waals surface area contributed by atoms with Crippen molar-refractivity contribution in [1.82, 2.24) is 15.2 Å². The first-order chi connectivity index (χ1) is 7.54. The van der Waals surface area contributed by atoms with Crippen LogP contribution in [0.2, 0.25) is 0 Å². The lowest BCUT2D eigenvalue weighted by Gasteiger charge is -2.08. The van der Waals surface area contributed by atoms with Crippen LogP contribution < -0.4 is 4.74 Å². The van der Waals surface area contributed by atoms with E-state index in [0.29, 0.717) is 11.4 Å². The minimum atomic E-state index is -4.67. The van der Waals surface area contributed by atoms with E-state index in [2.05, 4.69) is 19.9 Å². The highest BCUT2D eigenvalue weighted by Gasteiger charge is 2.30. The Bertz CT molecular complexity index is 450. The van der Waals surface area contributed by atoms with Gasteiger partial charge >= 0.3 is 6.36 Å². The Balaban J connectivity index is 2.17. The van der Waals surface area contributed by atoms with Gasteiger partial charge in [0.25, 0.3) is 0 Å². The van der Waals surface area contributed by atoms with Crippen molar-refractivity contribution in [2.75, 3.05) is 0 Å². The third kappa shape index (κ3) is 2.50. The van der Waals surface area contributed by atoms with Gasteiger partial charge in [-0.2, -0.15) is 0 Å². The molecule has 1 aromatic heterocycles. The molecule has 0 bridgehead atoms. The molecule has 0 amide bonds. The molecule has 2 aromatic rings. The molecule has 0 unspecified atom stereocenters. The van der Waals surface area contributed by atoms with E-state index in [-0.39, 0.29) is 5.75 Å². The monoisotopic (exact) mass is 229 g/mol. The number of nitrogens with zero attached hydrogens (tertiary/aromatic N) is 2. The number of halogens is 3. The van der Waals surface area contributed by atoms with Gasteiger partial charge in [-0.3, -0.25) is 0 Å². The molecule has 0 atom stereocenters. The molecule has 0 radical (unpaired) electrons. The number of ether oxygens (including phenoxy) is 1. The normalized spacial score (nSPS) is 11.4. The van der Waals surface area contributed by atoms with Crippen molar-refractivity contribution < 1.29 is 17.9 Å². The maximum absolute atomic E-state index is 11.9. The number of alkyl halides is 3. The van der Waals surface area contributed by atoms with E-state index in [4.69, 9.17) is 0 Å². The van der Waals surface area contributed by atoms with Gasteiger partial charge in [0.15, 0.2) is 5.82 Å². The topological polar surface area (TPSA) is 50.8 Å². The third-order valence-electron chi connectivity index (χ3n) is 1.78. The summed E-state index contributed by atoms with van der Waals surface area (Å²) < 4.78 is 39.3. The smallest absolute Gasteiger partial charge is 0.406 e. The minimum Gasteiger partial charge on any atom is -0.406 e. The summed E-state index contributed by atoms with van der Waals surface area (Å²) in [6.07, 6.45) is -3.29. The summed E-state index contributed by atoms with van der Waals surface area (Å²) in [5.74, 6) is 0.217. The summed E-state index contributed by atoms with van der Waals surface area (Å²) in [6, 6.07) is 5.35. The summed E-state index contributed by atoms with van der Waals surface area (Å²) in [4.78, 5) is 2.74. The second-order valence-electron chi connectivity index (χ2n) is 2.91. The largest absolute Gasteiger partial charge is 0.573 e. The standard InChI is InChI=1S/C9H6F3N3O/c10-9(11,12)16-7-3-1-6(2-4-7)8-13-5-14-15-8/h1-5H,(H,13,14,15). The quantitative estimate of drug-likeness (QED) is 0.859. The zero-order valence-corrected chi connectivity index (χ0v) is 7.82. The van der Waals surface area contributed by atoms with Crippen molar-refractivity contribution in [2.24, 2.45) is 0 Å². The molecule has 1 aromatic carbocycles. The van der Waals surface area contributed by atoms with Gasteiger partial charge in [-0.05, 0) is 24.3 Å². The Labute approximate surface area is 88.1 Å². The van der Waals surface area contributed by atoms with Gasteiger partial charge in [0.05, 0.1) is 0 Å². The van der Waals surface area contributed by atoms with Crippen molar-refractivity contribution in [3.8, 4) is 17.1 Å². The second kappa shape index (κ2) is 3.84. The average Bonchev–Trinajstić information content (AvgIpc) is 2.69. The number of hydrogen-bond acceptors (Lipinski definition) is 3. The third-order valence-corrected chi connectivity index (χ3v) is 1.78. The Morgan fingerprint density at radius 2 is 1.81 bits per heavy atom. The fraction of sp³-hybridized carbons (Fsp3) is 0.111. The summed E-state index contributed by atoms with van der Waals surface area (Å²) in [7, 11) is 0. The Hall–Kier alpha value is -2.05. The Morgan fingerprint density at radius 3 is 2.31 bits per heavy atom. The molecule has 2 rings (SSSR count). The summed E-state index contributed by atoms with van der Waals surface area (Å²) in [5.41, 5.74) is 0.632. The molecular weight excluding hydrogens is 223 g/mol. The fourth-order valence-electron chi connectivity index (χ4n) is 1.16. The highest BCUT2D eigenvalue weighted by atomic mass is 19.4. The van der Waals surface area contributed by atoms with Crippen molar-refractivity contribution >= 4 is 0 Å². The molecule has 84 valence electrons. The van der Waals surface area contributed by atoms with Crippen LogP contribution in [0.15, 0.2) is 30.6 Å². The van der Waals surface area contributed by atoms with E-state index in [1.165, 1.54) is 30.6 Å². The maximum Gasteiger partial charge on any atom is 0.573 e. The zero-order chi connectivity index (χ0) is 11.6. The highest BCUT2D eigenvalue weighted by Crippen LogP contribution is 2.24. The van der Waals surface area contributed by atoms with Crippen LogP contribution >= 0.6 is 0 Å². The Morgan fingerprint density at radius 1 is 1.12 bits per heavy atom. The molecule has 0 aliphatic heterocycles. The number of aromatic nitrogens is 3. The molecule has 0 aliphatic rings. The number of benzene rings is 1. The van der Waals surface area contributed by atoms with Crippen LogP contribution in [0, 0.1) is 0 Å². The fourth-order valence-corrected chi connectivity index (χ4v) is 1.16. The molecular formula is C9H6F3N3O. The first-order valence-corrected chi connectivity index (χ1v) is 4.27. The predicted molar refractivity (Wildman–Crippen MR) is 48.5 cm³/mol. The first kappa shape index (κ1) is 10.5. The van der Waals surface area contributed by atoms with Gasteiger partial charge in [-0.25, -0.2) is 0 Å². The highest BCUT2D eigenvalue weighted by molar-refractivity contribution is 5.55. The minimum absolute atomic E-state index is 0.268. The Kier molecular flexibility index (Phi) is 2.51. The van der Waals surface area contributed by atoms with Gasteiger partial charge in [0.2, 0.25) is 0 Å². The van der Waals surface area contributed by atoms with Gasteiger partial charge in [0.1, 0.15) is 12.1 Å². The van der Waals surface area contributed by atoms with Gasteiger partial charge in [-0.15, -0.1) is 23.4 Å². The molecule has 7 heteroatoms. The number of aromatic amines is 1. The lowest BCUT2D eigenvalue weighted by molar-refractivity contribution is -0.274. The number of rotatable bonds is 2. The summed E-state index contributed by atoms with van der Waals surface area (Å²) in [5, 5.41) is 7.29. The average molecular weight is 229 g/mol. The second-order valence-corrected chi connectivity index (χ2v) is 2.91. The number of nitrogens with one attached hydrogen (secondary N) is 1. The van der Waals surface area contributed by atoms with E-state index in [0.717, 1.165) is 0 Å². The predicted octanol–water partition coefficient (Wildman–Crippen LogP) is 2.37. The summed E-state index contributed by atoms with van der Waals surface area (Å²) >= 11 is 0. The van der Waals surface area contributed by atoms with E-state index in [1.54, 1.807) is 0 Å². The molecule has 0 aliphatic carbocycles. The lowest BCUT2D eigenvalue weighted by Crippen LogP contribution is -2.16. The van der Waals surface area contributed by atoms with Crippen LogP contribution in [0.25, 0.3) is 11.4 Å². The molecule has 0 saturated carbocycles. The SMILES string of the molecule is FC(F)(F)Oc1ccc(-c2nnc[nH]2)cc1. The van der Waals surface area contributed by atoms with Crippen LogP contribution in [-0.2, 0) is 0 Å². The molecule has 1 N–H and O–H groups in total. The lowest BCUT2D eigenvalue weighted by atomic mass is 10.2. The van der Waals surface area contributed by atoms with Gasteiger partial charge in [0, 0.05) is 5.56 Å². The molecule has 1 heterocycles. The maximum atomic E-state index is 11.9. The van der Waals surface area contributed by atoms with E-state index in [9.17, 15) is 13.2 Å². The first-order valence-electron chi connectivity index (χ1n) is 4.27. The molecule has 0 saturated heterocycles. The van der Waals surface area contributed by atoms with E-state index < -0.39 is 6.36 Å². The number of H-pyrrole nitrogens is 1. The zero-order valence-electron chi connectivity index (χ0n) is 7.82. The van der Waals surface area contributed by atoms with Crippen LogP contribution in [0.3, 0.4) is 0 Å². The van der Waals surface area contributed by atoms with Crippen LogP contribution in [0.4, 0.5) is 13.2 Å². The molecule has 4 nitrogen and oxygen atoms in total. The molecule has 16 heavy (non-hydrogen) atoms. The van der Waals surface area contributed by atoms with Gasteiger partial charge in [-0.1, -0.05) is 0 Å². The number of hydrogen-bond donors (Lipinski definition) is 1. The molecule has 0 fully saturated rings. The van der Waals surface area contributed by atoms with Gasteiger partial charge < -0.3 is 9.72 Å². The van der Waals surface area contributed by atoms with Crippen molar-refractivity contribution in [3.05, 3.63) is 30.6 Å². The molecule has 0 spiro atoms. The van der Waals surface area contributed by atoms with Crippen molar-refractivity contribution in [2.45, 2.75) is 6.36 Å². The van der Waals surface area contributed by atoms with Crippen molar-refractivity contribution in [3.63, 3.8) is 0 Å². The summed E-state index contributed by atoms with van der Waals surface area (Å²) in [6.45, 7) is 0. The van der Waals surface area contributed by atoms with Crippen molar-refractivity contribution in [1.29, 1.82) is 0 Å².